The maximum absolute atomic E-state index is 4.66. The van der Waals surface area contributed by atoms with Crippen molar-refractivity contribution in [2.75, 3.05) is 29.9 Å². The molecule has 0 amide bonds. The molecule has 2 aliphatic heterocycles. The molecule has 6 heteroatoms. The lowest BCUT2D eigenvalue weighted by atomic mass is 10.1. The van der Waals surface area contributed by atoms with Crippen LogP contribution in [0.1, 0.15) is 18.1 Å². The lowest BCUT2D eigenvalue weighted by Crippen LogP contribution is -2.49. The molecule has 1 unspecified atom stereocenters. The summed E-state index contributed by atoms with van der Waals surface area (Å²) >= 11 is 0. The molecule has 1 atom stereocenters. The molecule has 3 heterocycles. The van der Waals surface area contributed by atoms with Crippen LogP contribution < -0.4 is 15.5 Å². The van der Waals surface area contributed by atoms with E-state index in [2.05, 4.69) is 55.6 Å². The molecule has 1 fully saturated rings. The van der Waals surface area contributed by atoms with Crippen molar-refractivity contribution in [3.05, 3.63) is 41.6 Å². The highest BCUT2D eigenvalue weighted by Gasteiger charge is 2.18. The van der Waals surface area contributed by atoms with E-state index in [9.17, 15) is 0 Å². The Labute approximate surface area is 135 Å². The third-order valence-corrected chi connectivity index (χ3v) is 4.20. The summed E-state index contributed by atoms with van der Waals surface area (Å²) in [7, 11) is 0. The number of rotatable bonds is 3. The quantitative estimate of drug-likeness (QED) is 0.907. The van der Waals surface area contributed by atoms with Crippen molar-refractivity contribution >= 4 is 23.7 Å². The number of nitrogens with zero attached hydrogens (tertiary/aromatic N) is 4. The van der Waals surface area contributed by atoms with Gasteiger partial charge in [0.25, 0.3) is 0 Å². The first kappa shape index (κ1) is 14.1. The molecular weight excluding hydrogens is 288 g/mol. The van der Waals surface area contributed by atoms with Crippen molar-refractivity contribution in [2.24, 2.45) is 4.99 Å². The van der Waals surface area contributed by atoms with Crippen molar-refractivity contribution in [3.8, 4) is 0 Å². The molecule has 0 bridgehead atoms. The van der Waals surface area contributed by atoms with Gasteiger partial charge in [-0.05, 0) is 36.2 Å². The van der Waals surface area contributed by atoms with Gasteiger partial charge in [-0.1, -0.05) is 6.07 Å². The Balaban J connectivity index is 1.53. The highest BCUT2D eigenvalue weighted by molar-refractivity contribution is 5.86. The summed E-state index contributed by atoms with van der Waals surface area (Å²) < 4.78 is 0. The van der Waals surface area contributed by atoms with Gasteiger partial charge in [-0.25, -0.2) is 4.98 Å². The number of benzene rings is 1. The van der Waals surface area contributed by atoms with Crippen LogP contribution in [0.25, 0.3) is 0 Å². The number of fused-ring (bicyclic) bond motifs is 1. The molecule has 1 aromatic heterocycles. The monoisotopic (exact) mass is 308 g/mol. The van der Waals surface area contributed by atoms with Gasteiger partial charge in [0.2, 0.25) is 5.95 Å². The third-order valence-electron chi connectivity index (χ3n) is 4.20. The zero-order valence-corrected chi connectivity index (χ0v) is 13.2. The van der Waals surface area contributed by atoms with Crippen molar-refractivity contribution in [1.29, 1.82) is 0 Å². The normalized spacial score (nSPS) is 19.7. The minimum atomic E-state index is 0.458. The maximum Gasteiger partial charge on any atom is 0.227 e. The van der Waals surface area contributed by atoms with Gasteiger partial charge in [0, 0.05) is 43.8 Å². The van der Waals surface area contributed by atoms with E-state index in [4.69, 9.17) is 0 Å². The topological polar surface area (TPSA) is 65.4 Å². The zero-order chi connectivity index (χ0) is 15.6. The number of nitrogens with one attached hydrogen (secondary N) is 2. The number of anilines is 3. The first-order valence-corrected chi connectivity index (χ1v) is 7.99. The minimum Gasteiger partial charge on any atom is -0.340 e. The molecule has 0 spiro atoms. The standard InChI is InChI=1S/C17H20N6/c1-12-11-23(7-6-19-12)17-20-5-4-16(22-17)21-15-3-2-13-9-18-10-14(13)8-15/h2-5,8,10,12,19H,6-7,9,11H2,1H3,(H,20,21,22). The molecule has 23 heavy (non-hydrogen) atoms. The van der Waals surface area contributed by atoms with E-state index < -0.39 is 0 Å². The summed E-state index contributed by atoms with van der Waals surface area (Å²) in [5.74, 6) is 1.60. The first-order chi connectivity index (χ1) is 11.3. The molecule has 0 radical (unpaired) electrons. The molecule has 1 saturated heterocycles. The van der Waals surface area contributed by atoms with Gasteiger partial charge >= 0.3 is 0 Å². The Morgan fingerprint density at radius 2 is 2.26 bits per heavy atom. The minimum absolute atomic E-state index is 0.458. The molecule has 2 aliphatic rings. The molecule has 118 valence electrons. The lowest BCUT2D eigenvalue weighted by molar-refractivity contribution is 0.479. The Kier molecular flexibility index (Phi) is 3.67. The van der Waals surface area contributed by atoms with E-state index in [1.165, 1.54) is 11.1 Å². The molecule has 0 saturated carbocycles. The van der Waals surface area contributed by atoms with Gasteiger partial charge in [0.15, 0.2) is 0 Å². The second-order valence-corrected chi connectivity index (χ2v) is 6.05. The Hall–Kier alpha value is -2.47. The van der Waals surface area contributed by atoms with Crippen LogP contribution in [0.3, 0.4) is 0 Å². The van der Waals surface area contributed by atoms with Gasteiger partial charge < -0.3 is 15.5 Å². The molecule has 1 aromatic carbocycles. The predicted octanol–water partition coefficient (Wildman–Crippen LogP) is 1.95. The third kappa shape index (κ3) is 3.03. The van der Waals surface area contributed by atoms with Crippen LogP contribution in [0.4, 0.5) is 17.5 Å². The summed E-state index contributed by atoms with van der Waals surface area (Å²) in [6.45, 7) is 5.79. The van der Waals surface area contributed by atoms with Crippen LogP contribution in [0.15, 0.2) is 35.5 Å². The van der Waals surface area contributed by atoms with Gasteiger partial charge in [-0.3, -0.25) is 4.99 Å². The van der Waals surface area contributed by atoms with Crippen LogP contribution in [0, 0.1) is 0 Å². The maximum atomic E-state index is 4.66. The average molecular weight is 308 g/mol. The molecule has 0 aliphatic carbocycles. The van der Waals surface area contributed by atoms with E-state index in [1.54, 1.807) is 0 Å². The van der Waals surface area contributed by atoms with Crippen LogP contribution in [-0.2, 0) is 6.54 Å². The van der Waals surface area contributed by atoms with E-state index in [0.29, 0.717) is 6.04 Å². The van der Waals surface area contributed by atoms with Gasteiger partial charge in [-0.2, -0.15) is 4.98 Å². The fraction of sp³-hybridized carbons (Fsp3) is 0.353. The highest BCUT2D eigenvalue weighted by atomic mass is 15.3. The number of aliphatic imine (C=N–C) groups is 1. The molecule has 6 nitrogen and oxygen atoms in total. The van der Waals surface area contributed by atoms with Crippen LogP contribution >= 0.6 is 0 Å². The highest BCUT2D eigenvalue weighted by Crippen LogP contribution is 2.22. The first-order valence-electron chi connectivity index (χ1n) is 7.99. The second-order valence-electron chi connectivity index (χ2n) is 6.05. The van der Waals surface area contributed by atoms with E-state index in [-0.39, 0.29) is 0 Å². The molecular formula is C17H20N6. The van der Waals surface area contributed by atoms with Crippen molar-refractivity contribution in [3.63, 3.8) is 0 Å². The summed E-state index contributed by atoms with van der Waals surface area (Å²) in [4.78, 5) is 15.6. The zero-order valence-electron chi connectivity index (χ0n) is 13.2. The van der Waals surface area contributed by atoms with E-state index in [0.717, 1.165) is 43.6 Å². The van der Waals surface area contributed by atoms with E-state index >= 15 is 0 Å². The fourth-order valence-corrected chi connectivity index (χ4v) is 3.01. The van der Waals surface area contributed by atoms with Crippen molar-refractivity contribution in [2.45, 2.75) is 19.5 Å². The Bertz CT molecular complexity index is 742. The smallest absolute Gasteiger partial charge is 0.227 e. The average Bonchev–Trinajstić information content (AvgIpc) is 3.03. The van der Waals surface area contributed by atoms with Crippen LogP contribution in [-0.4, -0.2) is 41.9 Å². The van der Waals surface area contributed by atoms with Crippen LogP contribution in [0.5, 0.6) is 0 Å². The van der Waals surface area contributed by atoms with Gasteiger partial charge in [0.1, 0.15) is 5.82 Å². The summed E-state index contributed by atoms with van der Waals surface area (Å²) in [6.07, 6.45) is 3.74. The van der Waals surface area contributed by atoms with Crippen molar-refractivity contribution in [1.82, 2.24) is 15.3 Å². The SMILES string of the molecule is CC1CN(c2nccc(Nc3ccc4c(c3)C=NC4)n2)CCN1. The molecule has 4 rings (SSSR count). The van der Waals surface area contributed by atoms with Gasteiger partial charge in [0.05, 0.1) is 6.54 Å². The summed E-state index contributed by atoms with van der Waals surface area (Å²) in [5.41, 5.74) is 3.48. The van der Waals surface area contributed by atoms with E-state index in [1.807, 2.05) is 18.5 Å². The second kappa shape index (κ2) is 5.96. The Morgan fingerprint density at radius 1 is 1.30 bits per heavy atom. The lowest BCUT2D eigenvalue weighted by Gasteiger charge is -2.31. The number of aromatic nitrogens is 2. The number of hydrogen-bond acceptors (Lipinski definition) is 6. The summed E-state index contributed by atoms with van der Waals surface area (Å²) in [6, 6.07) is 8.66. The largest absolute Gasteiger partial charge is 0.340 e. The Morgan fingerprint density at radius 3 is 3.17 bits per heavy atom. The fourth-order valence-electron chi connectivity index (χ4n) is 3.01. The van der Waals surface area contributed by atoms with Gasteiger partial charge in [-0.15, -0.1) is 0 Å². The summed E-state index contributed by atoms with van der Waals surface area (Å²) in [5, 5.41) is 6.80. The molecule has 2 N–H and O–H groups in total. The number of hydrogen-bond donors (Lipinski definition) is 2. The predicted molar refractivity (Wildman–Crippen MR) is 92.7 cm³/mol. The number of piperazine rings is 1. The van der Waals surface area contributed by atoms with Crippen molar-refractivity contribution < 1.29 is 0 Å². The van der Waals surface area contributed by atoms with Crippen LogP contribution in [0.2, 0.25) is 0 Å². The molecule has 2 aromatic rings.